The van der Waals surface area contributed by atoms with Crippen molar-refractivity contribution in [3.05, 3.63) is 190 Å². The quantitative estimate of drug-likeness (QED) is 0.0548. The number of ether oxygens (including phenoxy) is 2. The standard InChI is InChI=1S/C47H35F5N2O5S/c48-38-37(39(49)41(51)42(52)40(38)50)45(56)53-24-28-8-7-13-34(22-28)29-18-20-33(21-19-29)46-57-35(23-36(58-46)30-16-14-27(25-55)15-17-30)26-60-47-54-43(31-9-3-1-4-10-31)44(59-47)32-11-5-2-6-12-32/h1-22,35-36,46,55H,23-26H2,(H,53,56). The van der Waals surface area contributed by atoms with Crippen LogP contribution in [0.1, 0.15) is 51.4 Å². The zero-order chi connectivity index (χ0) is 41.8. The van der Waals surface area contributed by atoms with Gasteiger partial charge in [-0.05, 0) is 33.9 Å². The molecule has 0 saturated carbocycles. The highest BCUT2D eigenvalue weighted by atomic mass is 32.2. The molecule has 0 bridgehead atoms. The maximum atomic E-state index is 14.2. The molecular formula is C47H35F5N2O5S. The Balaban J connectivity index is 0.991. The van der Waals surface area contributed by atoms with Gasteiger partial charge in [-0.15, -0.1) is 0 Å². The molecule has 3 atom stereocenters. The van der Waals surface area contributed by atoms with Crippen molar-refractivity contribution in [1.82, 2.24) is 10.3 Å². The number of aliphatic hydroxyl groups is 1. The number of nitrogens with one attached hydrogen (secondary N) is 1. The summed E-state index contributed by atoms with van der Waals surface area (Å²) in [5.41, 5.74) is 5.56. The number of rotatable bonds is 12. The fourth-order valence-corrected chi connectivity index (χ4v) is 7.74. The summed E-state index contributed by atoms with van der Waals surface area (Å²) in [4.78, 5) is 17.4. The number of nitrogens with zero attached hydrogens (tertiary/aromatic N) is 1. The van der Waals surface area contributed by atoms with E-state index in [-0.39, 0.29) is 25.4 Å². The van der Waals surface area contributed by atoms with Crippen LogP contribution in [0.15, 0.2) is 143 Å². The maximum absolute atomic E-state index is 14.2. The summed E-state index contributed by atoms with van der Waals surface area (Å²) in [6.45, 7) is -0.325. The van der Waals surface area contributed by atoms with Gasteiger partial charge >= 0.3 is 0 Å². The fraction of sp³-hybridized carbons (Fsp3) is 0.149. The monoisotopic (exact) mass is 834 g/mol. The van der Waals surface area contributed by atoms with Gasteiger partial charge in [0.2, 0.25) is 5.82 Å². The zero-order valence-electron chi connectivity index (χ0n) is 31.6. The molecule has 60 heavy (non-hydrogen) atoms. The van der Waals surface area contributed by atoms with Gasteiger partial charge in [0.15, 0.2) is 35.3 Å². The van der Waals surface area contributed by atoms with Crippen molar-refractivity contribution < 1.29 is 45.7 Å². The normalized spacial score (nSPS) is 16.5. The Morgan fingerprint density at radius 2 is 1.28 bits per heavy atom. The van der Waals surface area contributed by atoms with Crippen LogP contribution in [0.2, 0.25) is 0 Å². The topological polar surface area (TPSA) is 93.8 Å². The van der Waals surface area contributed by atoms with Gasteiger partial charge in [0, 0.05) is 35.4 Å². The first kappa shape index (κ1) is 40.7. The largest absolute Gasteiger partial charge is 0.431 e. The van der Waals surface area contributed by atoms with Crippen molar-refractivity contribution >= 4 is 17.7 Å². The summed E-state index contributed by atoms with van der Waals surface area (Å²) in [6, 6.07) is 41.7. The van der Waals surface area contributed by atoms with E-state index in [1.54, 1.807) is 18.2 Å². The molecule has 304 valence electrons. The maximum Gasteiger partial charge on any atom is 0.257 e. The van der Waals surface area contributed by atoms with Crippen LogP contribution in [0.4, 0.5) is 22.0 Å². The second kappa shape index (κ2) is 18.0. The lowest BCUT2D eigenvalue weighted by atomic mass is 9.99. The van der Waals surface area contributed by atoms with Crippen LogP contribution < -0.4 is 5.32 Å². The van der Waals surface area contributed by atoms with E-state index in [0.29, 0.717) is 28.7 Å². The minimum absolute atomic E-state index is 0.0782. The third-order valence-corrected chi connectivity index (χ3v) is 11.0. The number of amides is 1. The Morgan fingerprint density at radius 1 is 0.667 bits per heavy atom. The molecule has 0 aliphatic carbocycles. The number of hydrogen-bond donors (Lipinski definition) is 2. The van der Waals surface area contributed by atoms with Gasteiger partial charge < -0.3 is 24.3 Å². The first-order valence-electron chi connectivity index (χ1n) is 18.9. The molecule has 3 unspecified atom stereocenters. The average Bonchev–Trinajstić information content (AvgIpc) is 3.74. The molecule has 0 radical (unpaired) electrons. The number of thioether (sulfide) groups is 1. The van der Waals surface area contributed by atoms with E-state index in [4.69, 9.17) is 18.9 Å². The first-order valence-corrected chi connectivity index (χ1v) is 19.9. The van der Waals surface area contributed by atoms with E-state index in [0.717, 1.165) is 44.6 Å². The third-order valence-electron chi connectivity index (χ3n) is 10.0. The number of benzene rings is 6. The van der Waals surface area contributed by atoms with Crippen LogP contribution in [-0.2, 0) is 22.6 Å². The summed E-state index contributed by atoms with van der Waals surface area (Å²) in [6.07, 6.45) is -0.803. The number of carbonyl (C=O) groups is 1. The summed E-state index contributed by atoms with van der Waals surface area (Å²) >= 11 is 1.46. The van der Waals surface area contributed by atoms with Crippen LogP contribution >= 0.6 is 11.8 Å². The Morgan fingerprint density at radius 3 is 1.95 bits per heavy atom. The van der Waals surface area contributed by atoms with Crippen LogP contribution in [0.5, 0.6) is 0 Å². The number of halogens is 5. The van der Waals surface area contributed by atoms with Gasteiger partial charge in [-0.3, -0.25) is 4.79 Å². The van der Waals surface area contributed by atoms with Gasteiger partial charge in [0.1, 0.15) is 11.3 Å². The van der Waals surface area contributed by atoms with E-state index < -0.39 is 46.8 Å². The van der Waals surface area contributed by atoms with Gasteiger partial charge in [0.05, 0.1) is 18.8 Å². The molecule has 6 aromatic carbocycles. The number of oxazole rings is 1. The molecule has 1 aromatic heterocycles. The average molecular weight is 835 g/mol. The van der Waals surface area contributed by atoms with E-state index in [2.05, 4.69) is 5.32 Å². The highest BCUT2D eigenvalue weighted by Crippen LogP contribution is 2.41. The van der Waals surface area contributed by atoms with E-state index in [1.165, 1.54) is 11.8 Å². The van der Waals surface area contributed by atoms with Crippen molar-refractivity contribution in [3.8, 4) is 33.7 Å². The number of hydrogen-bond acceptors (Lipinski definition) is 7. The molecule has 8 rings (SSSR count). The van der Waals surface area contributed by atoms with Gasteiger partial charge in [-0.2, -0.15) is 0 Å². The Bertz CT molecular complexity index is 2530. The second-order valence-electron chi connectivity index (χ2n) is 14.0. The predicted molar refractivity (Wildman–Crippen MR) is 216 cm³/mol. The molecule has 7 nitrogen and oxygen atoms in total. The lowest BCUT2D eigenvalue weighted by Crippen LogP contribution is -2.31. The molecule has 13 heteroatoms. The zero-order valence-corrected chi connectivity index (χ0v) is 32.4. The minimum Gasteiger partial charge on any atom is -0.431 e. The molecular weight excluding hydrogens is 800 g/mol. The SMILES string of the molecule is O=C(NCc1cccc(-c2ccc(C3OC(CSc4nc(-c5ccccc5)c(-c5ccccc5)o4)CC(c4ccc(CO)cc4)O3)cc2)c1)c1c(F)c(F)c(F)c(F)c1F. The summed E-state index contributed by atoms with van der Waals surface area (Å²) in [5, 5.41) is 12.4. The predicted octanol–water partition coefficient (Wildman–Crippen LogP) is 11.1. The van der Waals surface area contributed by atoms with Gasteiger partial charge in [-0.25, -0.2) is 26.9 Å². The molecule has 0 spiro atoms. The van der Waals surface area contributed by atoms with E-state index in [9.17, 15) is 31.9 Å². The van der Waals surface area contributed by atoms with Crippen molar-refractivity contribution in [2.45, 2.75) is 43.3 Å². The van der Waals surface area contributed by atoms with Crippen LogP contribution in [0.25, 0.3) is 33.7 Å². The van der Waals surface area contributed by atoms with Crippen molar-refractivity contribution in [2.24, 2.45) is 0 Å². The molecule has 1 saturated heterocycles. The second-order valence-corrected chi connectivity index (χ2v) is 15.0. The summed E-state index contributed by atoms with van der Waals surface area (Å²) < 4.78 is 88.8. The van der Waals surface area contributed by atoms with Crippen molar-refractivity contribution in [3.63, 3.8) is 0 Å². The smallest absolute Gasteiger partial charge is 0.257 e. The molecule has 7 aromatic rings. The fourth-order valence-electron chi connectivity index (χ4n) is 6.89. The van der Waals surface area contributed by atoms with Crippen LogP contribution in [0.3, 0.4) is 0 Å². The van der Waals surface area contributed by atoms with Gasteiger partial charge in [0.25, 0.3) is 11.1 Å². The highest BCUT2D eigenvalue weighted by molar-refractivity contribution is 7.99. The van der Waals surface area contributed by atoms with Crippen LogP contribution in [-0.4, -0.2) is 27.9 Å². The molecule has 2 heterocycles. The number of aliphatic hydroxyl groups excluding tert-OH is 1. The molecule has 1 fully saturated rings. The highest BCUT2D eigenvalue weighted by Gasteiger charge is 2.33. The molecule has 1 amide bonds. The van der Waals surface area contributed by atoms with Crippen molar-refractivity contribution in [2.75, 3.05) is 5.75 Å². The number of aromatic nitrogens is 1. The Hall–Kier alpha value is -6.12. The number of carbonyl (C=O) groups excluding carboxylic acids is 1. The Kier molecular flexibility index (Phi) is 12.2. The van der Waals surface area contributed by atoms with Gasteiger partial charge in [-0.1, -0.05) is 139 Å². The third kappa shape index (κ3) is 8.75. The van der Waals surface area contributed by atoms with E-state index >= 15 is 0 Å². The minimum atomic E-state index is -2.34. The molecule has 1 aliphatic rings. The lowest BCUT2D eigenvalue weighted by Gasteiger charge is -2.36. The summed E-state index contributed by atoms with van der Waals surface area (Å²) in [7, 11) is 0. The van der Waals surface area contributed by atoms with Crippen molar-refractivity contribution in [1.29, 1.82) is 0 Å². The summed E-state index contributed by atoms with van der Waals surface area (Å²) in [5.74, 6) is -11.4. The van der Waals surface area contributed by atoms with Crippen LogP contribution in [0, 0.1) is 29.1 Å². The Labute approximate surface area is 345 Å². The lowest BCUT2D eigenvalue weighted by molar-refractivity contribution is -0.245. The first-order chi connectivity index (χ1) is 29.2. The molecule has 2 N–H and O–H groups in total. The molecule has 1 aliphatic heterocycles. The van der Waals surface area contributed by atoms with E-state index in [1.807, 2.05) is 115 Å².